The average Bonchev–Trinajstić information content (AvgIpc) is 2.18. The smallest absolute Gasteiger partial charge is 0.0652 e. The third kappa shape index (κ3) is 2.02. The lowest BCUT2D eigenvalue weighted by molar-refractivity contribution is -0.107. The molecule has 1 N–H and O–H groups in total. The van der Waals surface area contributed by atoms with E-state index in [1.165, 1.54) is 44.9 Å². The molecule has 104 valence electrons. The Morgan fingerprint density at radius 1 is 1.06 bits per heavy atom. The summed E-state index contributed by atoms with van der Waals surface area (Å²) in [5, 5.41) is 4.03. The van der Waals surface area contributed by atoms with Crippen molar-refractivity contribution >= 4 is 0 Å². The molecule has 2 unspecified atom stereocenters. The molecule has 0 aromatic carbocycles. The van der Waals surface area contributed by atoms with Crippen molar-refractivity contribution in [1.29, 1.82) is 0 Å². The van der Waals surface area contributed by atoms with E-state index in [1.54, 1.807) is 0 Å². The normalized spacial score (nSPS) is 36.0. The van der Waals surface area contributed by atoms with Crippen molar-refractivity contribution in [2.45, 2.75) is 77.0 Å². The fraction of sp³-hybridized carbons (Fsp3) is 1.00. The first-order valence-corrected chi connectivity index (χ1v) is 7.91. The lowest BCUT2D eigenvalue weighted by Crippen LogP contribution is -2.65. The zero-order valence-electron chi connectivity index (χ0n) is 12.2. The fourth-order valence-electron chi connectivity index (χ4n) is 4.06. The van der Waals surface area contributed by atoms with Gasteiger partial charge in [-0.05, 0) is 43.9 Å². The van der Waals surface area contributed by atoms with Gasteiger partial charge in [0, 0.05) is 24.6 Å². The predicted molar refractivity (Wildman–Crippen MR) is 74.6 cm³/mol. The van der Waals surface area contributed by atoms with Crippen LogP contribution in [-0.4, -0.2) is 25.3 Å². The Hall–Kier alpha value is -0.0800. The summed E-state index contributed by atoms with van der Waals surface area (Å²) in [6.45, 7) is 4.72. The Balaban J connectivity index is 1.59. The van der Waals surface area contributed by atoms with E-state index in [0.29, 0.717) is 17.6 Å². The van der Waals surface area contributed by atoms with E-state index in [0.717, 1.165) is 17.9 Å². The summed E-state index contributed by atoms with van der Waals surface area (Å²) in [4.78, 5) is 0. The van der Waals surface area contributed by atoms with Gasteiger partial charge in [0.15, 0.2) is 0 Å². The maximum absolute atomic E-state index is 5.57. The standard InChI is InChI=1S/C16H29NO/c1-16(2)13(10-14(16)18-3)17-15(11-6-4-7-11)12-8-5-9-12/h11-15,17H,4-10H2,1-3H3. The highest BCUT2D eigenvalue weighted by Gasteiger charge is 2.50. The van der Waals surface area contributed by atoms with Gasteiger partial charge in [-0.25, -0.2) is 0 Å². The number of methoxy groups -OCH3 is 1. The van der Waals surface area contributed by atoms with E-state index in [4.69, 9.17) is 4.74 Å². The van der Waals surface area contributed by atoms with Gasteiger partial charge >= 0.3 is 0 Å². The highest BCUT2D eigenvalue weighted by Crippen LogP contribution is 2.46. The van der Waals surface area contributed by atoms with Crippen molar-refractivity contribution in [2.75, 3.05) is 7.11 Å². The van der Waals surface area contributed by atoms with E-state index >= 15 is 0 Å². The van der Waals surface area contributed by atoms with E-state index in [1.807, 2.05) is 7.11 Å². The first-order chi connectivity index (χ1) is 8.63. The Labute approximate surface area is 112 Å². The molecule has 3 saturated carbocycles. The number of hydrogen-bond donors (Lipinski definition) is 1. The van der Waals surface area contributed by atoms with Crippen molar-refractivity contribution in [2.24, 2.45) is 17.3 Å². The summed E-state index contributed by atoms with van der Waals surface area (Å²) >= 11 is 0. The van der Waals surface area contributed by atoms with Crippen LogP contribution < -0.4 is 5.32 Å². The molecule has 0 aromatic rings. The zero-order valence-corrected chi connectivity index (χ0v) is 12.2. The Bertz CT molecular complexity index is 279. The van der Waals surface area contributed by atoms with Gasteiger partial charge in [-0.15, -0.1) is 0 Å². The third-order valence-electron chi connectivity index (χ3n) is 6.17. The molecule has 0 heterocycles. The molecule has 2 heteroatoms. The summed E-state index contributed by atoms with van der Waals surface area (Å²) in [6.07, 6.45) is 10.5. The van der Waals surface area contributed by atoms with Gasteiger partial charge in [-0.2, -0.15) is 0 Å². The molecule has 0 amide bonds. The van der Waals surface area contributed by atoms with Crippen LogP contribution in [0.1, 0.15) is 58.8 Å². The van der Waals surface area contributed by atoms with Gasteiger partial charge in [0.05, 0.1) is 6.10 Å². The first kappa shape index (κ1) is 12.9. The molecule has 0 spiro atoms. The number of hydrogen-bond acceptors (Lipinski definition) is 2. The third-order valence-corrected chi connectivity index (χ3v) is 6.17. The molecular weight excluding hydrogens is 222 g/mol. The highest BCUT2D eigenvalue weighted by atomic mass is 16.5. The van der Waals surface area contributed by atoms with E-state index in [-0.39, 0.29) is 0 Å². The van der Waals surface area contributed by atoms with Crippen LogP contribution in [0.25, 0.3) is 0 Å². The molecule has 3 rings (SSSR count). The lowest BCUT2D eigenvalue weighted by atomic mass is 9.62. The van der Waals surface area contributed by atoms with Crippen molar-refractivity contribution in [3.05, 3.63) is 0 Å². The Morgan fingerprint density at radius 2 is 1.61 bits per heavy atom. The van der Waals surface area contributed by atoms with Gasteiger partial charge in [-0.1, -0.05) is 26.7 Å². The summed E-state index contributed by atoms with van der Waals surface area (Å²) < 4.78 is 5.57. The Morgan fingerprint density at radius 3 is 1.94 bits per heavy atom. The minimum absolute atomic E-state index is 0.320. The molecule has 2 nitrogen and oxygen atoms in total. The van der Waals surface area contributed by atoms with E-state index in [9.17, 15) is 0 Å². The molecule has 0 saturated heterocycles. The second-order valence-corrected chi connectivity index (χ2v) is 7.41. The molecule has 0 aromatic heterocycles. The number of rotatable bonds is 5. The van der Waals surface area contributed by atoms with Crippen molar-refractivity contribution in [3.63, 3.8) is 0 Å². The maximum Gasteiger partial charge on any atom is 0.0652 e. The highest BCUT2D eigenvalue weighted by molar-refractivity contribution is 5.05. The predicted octanol–water partition coefficient (Wildman–Crippen LogP) is 3.36. The second kappa shape index (κ2) is 4.79. The van der Waals surface area contributed by atoms with Crippen LogP contribution in [0, 0.1) is 17.3 Å². The van der Waals surface area contributed by atoms with Crippen LogP contribution in [0.3, 0.4) is 0 Å². The van der Waals surface area contributed by atoms with Gasteiger partial charge in [-0.3, -0.25) is 0 Å². The van der Waals surface area contributed by atoms with Crippen molar-refractivity contribution < 1.29 is 4.74 Å². The molecular formula is C16H29NO. The average molecular weight is 251 g/mol. The first-order valence-electron chi connectivity index (χ1n) is 7.91. The van der Waals surface area contributed by atoms with Crippen LogP contribution in [0.4, 0.5) is 0 Å². The van der Waals surface area contributed by atoms with E-state index in [2.05, 4.69) is 19.2 Å². The van der Waals surface area contributed by atoms with Crippen LogP contribution >= 0.6 is 0 Å². The van der Waals surface area contributed by atoms with Crippen molar-refractivity contribution in [3.8, 4) is 0 Å². The molecule has 3 aliphatic carbocycles. The fourth-order valence-corrected chi connectivity index (χ4v) is 4.06. The van der Waals surface area contributed by atoms with Gasteiger partial charge < -0.3 is 10.1 Å². The topological polar surface area (TPSA) is 21.3 Å². The number of nitrogens with one attached hydrogen (secondary N) is 1. The molecule has 18 heavy (non-hydrogen) atoms. The van der Waals surface area contributed by atoms with Crippen LogP contribution in [0.2, 0.25) is 0 Å². The summed E-state index contributed by atoms with van der Waals surface area (Å²) in [7, 11) is 1.86. The molecule has 3 aliphatic rings. The van der Waals surface area contributed by atoms with Crippen LogP contribution in [0.5, 0.6) is 0 Å². The maximum atomic E-state index is 5.57. The monoisotopic (exact) mass is 251 g/mol. The molecule has 0 bridgehead atoms. The van der Waals surface area contributed by atoms with Crippen LogP contribution in [0.15, 0.2) is 0 Å². The number of ether oxygens (including phenoxy) is 1. The van der Waals surface area contributed by atoms with Gasteiger partial charge in [0.2, 0.25) is 0 Å². The summed E-state index contributed by atoms with van der Waals surface area (Å²) in [5.74, 6) is 1.96. The van der Waals surface area contributed by atoms with Crippen LogP contribution in [-0.2, 0) is 4.74 Å². The molecule has 2 atom stereocenters. The minimum Gasteiger partial charge on any atom is -0.381 e. The molecule has 3 fully saturated rings. The second-order valence-electron chi connectivity index (χ2n) is 7.41. The Kier molecular flexibility index (Phi) is 3.44. The SMILES string of the molecule is COC1CC(NC(C2CCC2)C2CCC2)C1(C)C. The van der Waals surface area contributed by atoms with Crippen molar-refractivity contribution in [1.82, 2.24) is 5.32 Å². The largest absolute Gasteiger partial charge is 0.381 e. The summed E-state index contributed by atoms with van der Waals surface area (Å²) in [6, 6.07) is 1.49. The molecule has 0 radical (unpaired) electrons. The lowest BCUT2D eigenvalue weighted by Gasteiger charge is -2.55. The quantitative estimate of drug-likeness (QED) is 0.809. The van der Waals surface area contributed by atoms with Gasteiger partial charge in [0.1, 0.15) is 0 Å². The minimum atomic E-state index is 0.320. The molecule has 0 aliphatic heterocycles. The zero-order chi connectivity index (χ0) is 12.8. The van der Waals surface area contributed by atoms with Gasteiger partial charge in [0.25, 0.3) is 0 Å². The summed E-state index contributed by atoms with van der Waals surface area (Å²) in [5.41, 5.74) is 0.320. The van der Waals surface area contributed by atoms with E-state index < -0.39 is 0 Å².